The first kappa shape index (κ1) is 12.3. The van der Waals surface area contributed by atoms with Crippen LogP contribution in [0.4, 0.5) is 0 Å². The fraction of sp³-hybridized carbons (Fsp3) is 1.00. The summed E-state index contributed by atoms with van der Waals surface area (Å²) in [6.07, 6.45) is 4.26. The molecule has 1 aliphatic carbocycles. The zero-order valence-electron chi connectivity index (χ0n) is 9.98. The second-order valence-corrected chi connectivity index (χ2v) is 6.89. The van der Waals surface area contributed by atoms with Gasteiger partial charge >= 0.3 is 0 Å². The molecule has 5 heteroatoms. The van der Waals surface area contributed by atoms with Gasteiger partial charge in [0.25, 0.3) is 0 Å². The lowest BCUT2D eigenvalue weighted by Crippen LogP contribution is -2.40. The molecule has 0 bridgehead atoms. The Bertz CT molecular complexity index is 319. The van der Waals surface area contributed by atoms with Crippen LogP contribution in [-0.4, -0.2) is 44.2 Å². The van der Waals surface area contributed by atoms with Gasteiger partial charge in [0, 0.05) is 12.6 Å². The van der Waals surface area contributed by atoms with E-state index < -0.39 is 10.0 Å². The van der Waals surface area contributed by atoms with Gasteiger partial charge < -0.3 is 5.32 Å². The van der Waals surface area contributed by atoms with Crippen molar-refractivity contribution in [3.05, 3.63) is 0 Å². The van der Waals surface area contributed by atoms with Crippen LogP contribution in [0.5, 0.6) is 0 Å². The van der Waals surface area contributed by atoms with E-state index >= 15 is 0 Å². The number of sulfonamides is 1. The summed E-state index contributed by atoms with van der Waals surface area (Å²) < 4.78 is 26.1. The van der Waals surface area contributed by atoms with E-state index in [1.54, 1.807) is 4.31 Å². The van der Waals surface area contributed by atoms with Crippen molar-refractivity contribution in [3.63, 3.8) is 0 Å². The molecule has 0 amide bonds. The third-order valence-corrected chi connectivity index (χ3v) is 5.63. The molecule has 1 saturated heterocycles. The van der Waals surface area contributed by atoms with Gasteiger partial charge in [-0.15, -0.1) is 0 Å². The van der Waals surface area contributed by atoms with Crippen molar-refractivity contribution >= 4 is 10.0 Å². The summed E-state index contributed by atoms with van der Waals surface area (Å²) in [6.45, 7) is 4.47. The molecule has 0 radical (unpaired) electrons. The van der Waals surface area contributed by atoms with E-state index in [1.807, 2.05) is 6.92 Å². The topological polar surface area (TPSA) is 49.4 Å². The summed E-state index contributed by atoms with van der Waals surface area (Å²) in [4.78, 5) is 0. The lowest BCUT2D eigenvalue weighted by molar-refractivity contribution is 0.379. The molecule has 1 saturated carbocycles. The molecule has 1 aliphatic heterocycles. The third-order valence-electron chi connectivity index (χ3n) is 3.47. The first-order valence-electron chi connectivity index (χ1n) is 6.33. The van der Waals surface area contributed by atoms with Gasteiger partial charge in [0.2, 0.25) is 10.0 Å². The molecule has 1 heterocycles. The summed E-state index contributed by atoms with van der Waals surface area (Å²) in [6, 6.07) is 0.312. The second-order valence-electron chi connectivity index (χ2n) is 4.93. The Labute approximate surface area is 98.4 Å². The number of hydrogen-bond donors (Lipinski definition) is 1. The highest BCUT2D eigenvalue weighted by molar-refractivity contribution is 7.89. The van der Waals surface area contributed by atoms with E-state index in [1.165, 1.54) is 0 Å². The molecule has 1 unspecified atom stereocenters. The largest absolute Gasteiger partial charge is 0.316 e. The number of piperidine rings is 1. The Morgan fingerprint density at radius 2 is 2.06 bits per heavy atom. The van der Waals surface area contributed by atoms with Crippen LogP contribution in [0.3, 0.4) is 0 Å². The van der Waals surface area contributed by atoms with E-state index in [4.69, 9.17) is 0 Å². The number of nitrogens with one attached hydrogen (secondary N) is 1. The fourth-order valence-electron chi connectivity index (χ4n) is 2.50. The monoisotopic (exact) mass is 246 g/mol. The molecule has 2 aliphatic rings. The van der Waals surface area contributed by atoms with Gasteiger partial charge in [0.05, 0.1) is 5.75 Å². The van der Waals surface area contributed by atoms with E-state index in [0.29, 0.717) is 24.3 Å². The second kappa shape index (κ2) is 5.02. The maximum Gasteiger partial charge on any atom is 0.214 e. The smallest absolute Gasteiger partial charge is 0.214 e. The van der Waals surface area contributed by atoms with Crippen molar-refractivity contribution in [2.75, 3.05) is 25.4 Å². The van der Waals surface area contributed by atoms with Crippen LogP contribution >= 0.6 is 0 Å². The van der Waals surface area contributed by atoms with Crippen LogP contribution in [0, 0.1) is 5.92 Å². The van der Waals surface area contributed by atoms with Crippen LogP contribution in [0.1, 0.15) is 32.6 Å². The highest BCUT2D eigenvalue weighted by Crippen LogP contribution is 2.30. The quantitative estimate of drug-likeness (QED) is 0.780. The van der Waals surface area contributed by atoms with E-state index in [0.717, 1.165) is 38.8 Å². The minimum Gasteiger partial charge on any atom is -0.316 e. The van der Waals surface area contributed by atoms with E-state index in [2.05, 4.69) is 5.32 Å². The summed E-state index contributed by atoms with van der Waals surface area (Å²) in [5, 5.41) is 3.28. The Balaban J connectivity index is 1.94. The fourth-order valence-corrected chi connectivity index (χ4v) is 4.63. The first-order valence-corrected chi connectivity index (χ1v) is 7.94. The van der Waals surface area contributed by atoms with Crippen molar-refractivity contribution in [2.24, 2.45) is 5.92 Å². The van der Waals surface area contributed by atoms with Gasteiger partial charge in [-0.05, 0) is 44.7 Å². The summed E-state index contributed by atoms with van der Waals surface area (Å²) in [7, 11) is -3.02. The summed E-state index contributed by atoms with van der Waals surface area (Å²) in [5.41, 5.74) is 0. The van der Waals surface area contributed by atoms with Gasteiger partial charge in [-0.1, -0.05) is 6.92 Å². The maximum absolute atomic E-state index is 12.2. The summed E-state index contributed by atoms with van der Waals surface area (Å²) in [5.74, 6) is 0.649. The Morgan fingerprint density at radius 3 is 2.56 bits per heavy atom. The molecular formula is C11H22N2O2S. The number of hydrogen-bond acceptors (Lipinski definition) is 3. The van der Waals surface area contributed by atoms with Crippen molar-refractivity contribution < 1.29 is 8.42 Å². The first-order chi connectivity index (χ1) is 7.63. The van der Waals surface area contributed by atoms with Crippen LogP contribution in [0.25, 0.3) is 0 Å². The average molecular weight is 246 g/mol. The van der Waals surface area contributed by atoms with Crippen molar-refractivity contribution in [1.29, 1.82) is 0 Å². The molecule has 4 nitrogen and oxygen atoms in total. The predicted octanol–water partition coefficient (Wildman–Crippen LogP) is 0.800. The molecule has 1 N–H and O–H groups in total. The Hall–Kier alpha value is -0.130. The third kappa shape index (κ3) is 2.96. The lowest BCUT2D eigenvalue weighted by atomic mass is 10.0. The molecule has 2 rings (SSSR count). The minimum absolute atomic E-state index is 0.312. The molecule has 0 aromatic rings. The molecule has 2 fully saturated rings. The Morgan fingerprint density at radius 1 is 1.31 bits per heavy atom. The van der Waals surface area contributed by atoms with Gasteiger partial charge in [0.15, 0.2) is 0 Å². The SMILES string of the molecule is CCN(C1CC1)S(=O)(=O)CC1CCCNC1. The Kier molecular flexibility index (Phi) is 3.87. The standard InChI is InChI=1S/C11H22N2O2S/c1-2-13(11-5-6-11)16(14,15)9-10-4-3-7-12-8-10/h10-12H,2-9H2,1H3. The number of nitrogens with zero attached hydrogens (tertiary/aromatic N) is 1. The van der Waals surface area contributed by atoms with Crippen LogP contribution in [0.2, 0.25) is 0 Å². The zero-order chi connectivity index (χ0) is 11.6. The maximum atomic E-state index is 12.2. The van der Waals surface area contributed by atoms with Crippen molar-refractivity contribution in [3.8, 4) is 0 Å². The zero-order valence-corrected chi connectivity index (χ0v) is 10.8. The van der Waals surface area contributed by atoms with Crippen molar-refractivity contribution in [1.82, 2.24) is 9.62 Å². The van der Waals surface area contributed by atoms with E-state index in [-0.39, 0.29) is 0 Å². The molecule has 0 spiro atoms. The van der Waals surface area contributed by atoms with E-state index in [9.17, 15) is 8.42 Å². The normalized spacial score (nSPS) is 27.2. The summed E-state index contributed by atoms with van der Waals surface area (Å²) >= 11 is 0. The molecule has 0 aromatic carbocycles. The average Bonchev–Trinajstić information content (AvgIpc) is 3.03. The lowest BCUT2D eigenvalue weighted by Gasteiger charge is -2.26. The van der Waals surface area contributed by atoms with Crippen LogP contribution < -0.4 is 5.32 Å². The van der Waals surface area contributed by atoms with Gasteiger partial charge in [-0.25, -0.2) is 8.42 Å². The van der Waals surface area contributed by atoms with Gasteiger partial charge in [-0.2, -0.15) is 4.31 Å². The van der Waals surface area contributed by atoms with Crippen molar-refractivity contribution in [2.45, 2.75) is 38.6 Å². The van der Waals surface area contributed by atoms with Crippen LogP contribution in [-0.2, 0) is 10.0 Å². The molecule has 0 aromatic heterocycles. The highest BCUT2D eigenvalue weighted by atomic mass is 32.2. The minimum atomic E-state index is -3.02. The molecule has 1 atom stereocenters. The van der Waals surface area contributed by atoms with Crippen LogP contribution in [0.15, 0.2) is 0 Å². The molecule has 94 valence electrons. The molecule has 16 heavy (non-hydrogen) atoms. The predicted molar refractivity (Wildman–Crippen MR) is 64.8 cm³/mol. The number of rotatable bonds is 5. The van der Waals surface area contributed by atoms with Gasteiger partial charge in [-0.3, -0.25) is 0 Å². The highest BCUT2D eigenvalue weighted by Gasteiger charge is 2.37. The molecular weight excluding hydrogens is 224 g/mol. The van der Waals surface area contributed by atoms with Gasteiger partial charge in [0.1, 0.15) is 0 Å².